The highest BCUT2D eigenvalue weighted by Gasteiger charge is 2.08. The van der Waals surface area contributed by atoms with Gasteiger partial charge in [-0.2, -0.15) is 0 Å². The largest absolute Gasteiger partial charge is 0.504 e. The number of hydrogen-bond acceptors (Lipinski definition) is 4. The zero-order valence-electron chi connectivity index (χ0n) is 9.23. The highest BCUT2D eigenvalue weighted by molar-refractivity contribution is 5.43. The van der Waals surface area contributed by atoms with E-state index in [1.165, 1.54) is 13.0 Å². The predicted molar refractivity (Wildman–Crippen MR) is 57.6 cm³/mol. The van der Waals surface area contributed by atoms with E-state index < -0.39 is 5.79 Å². The summed E-state index contributed by atoms with van der Waals surface area (Å²) < 4.78 is 0. The van der Waals surface area contributed by atoms with E-state index in [1.807, 2.05) is 0 Å². The third-order valence-corrected chi connectivity index (χ3v) is 1.89. The molecule has 0 amide bonds. The number of phenolic OH excluding ortho intramolecular Hbond substituents is 2. The van der Waals surface area contributed by atoms with Crippen molar-refractivity contribution >= 4 is 0 Å². The molecule has 0 radical (unpaired) electrons. The van der Waals surface area contributed by atoms with Crippen LogP contribution in [0, 0.1) is 6.92 Å². The number of aliphatic hydroxyl groups is 2. The van der Waals surface area contributed by atoms with Crippen molar-refractivity contribution in [3.8, 4) is 11.5 Å². The smallest absolute Gasteiger partial charge is 0.160 e. The van der Waals surface area contributed by atoms with Gasteiger partial charge in [-0.25, -0.2) is 0 Å². The average Bonchev–Trinajstić information content (AvgIpc) is 2.14. The van der Waals surface area contributed by atoms with Crippen LogP contribution < -0.4 is 0 Å². The van der Waals surface area contributed by atoms with E-state index in [9.17, 15) is 0 Å². The van der Waals surface area contributed by atoms with Gasteiger partial charge in [-0.15, -0.1) is 0 Å². The molecule has 4 heteroatoms. The molecule has 0 fully saturated rings. The van der Waals surface area contributed by atoms with Crippen LogP contribution in [0.4, 0.5) is 0 Å². The first kappa shape index (κ1) is 13.7. The Morgan fingerprint density at radius 1 is 1.20 bits per heavy atom. The van der Waals surface area contributed by atoms with Gasteiger partial charge in [0, 0.05) is 0 Å². The lowest BCUT2D eigenvalue weighted by Gasteiger charge is -2.10. The van der Waals surface area contributed by atoms with Gasteiger partial charge in [0.2, 0.25) is 0 Å². The van der Waals surface area contributed by atoms with Crippen molar-refractivity contribution in [2.45, 2.75) is 33.0 Å². The minimum Gasteiger partial charge on any atom is -0.504 e. The van der Waals surface area contributed by atoms with Crippen molar-refractivity contribution in [1.29, 1.82) is 0 Å². The van der Waals surface area contributed by atoms with Gasteiger partial charge in [0.25, 0.3) is 0 Å². The first-order chi connectivity index (χ1) is 6.78. The Morgan fingerprint density at radius 3 is 1.93 bits per heavy atom. The van der Waals surface area contributed by atoms with Gasteiger partial charge in [-0.05, 0) is 31.9 Å². The first-order valence-corrected chi connectivity index (χ1v) is 4.70. The van der Waals surface area contributed by atoms with Gasteiger partial charge < -0.3 is 20.4 Å². The molecular formula is C11H18O4. The summed E-state index contributed by atoms with van der Waals surface area (Å²) in [5.41, 5.74) is 0.690. The number of aromatic hydroxyl groups is 2. The maximum atomic E-state index is 8.96. The molecule has 0 spiro atoms. The van der Waals surface area contributed by atoms with E-state index in [0.29, 0.717) is 12.0 Å². The normalized spacial score (nSPS) is 10.5. The summed E-state index contributed by atoms with van der Waals surface area (Å²) in [6.45, 7) is 4.79. The summed E-state index contributed by atoms with van der Waals surface area (Å²) in [4.78, 5) is 0. The number of phenols is 2. The van der Waals surface area contributed by atoms with Crippen LogP contribution in [0.2, 0.25) is 0 Å². The number of rotatable bonds is 1. The number of benzene rings is 1. The molecule has 0 heterocycles. The molecule has 4 N–H and O–H groups in total. The molecule has 0 aromatic heterocycles. The fourth-order valence-corrected chi connectivity index (χ4v) is 0.643. The minimum atomic E-state index is -1.46. The Kier molecular flexibility index (Phi) is 5.11. The molecular weight excluding hydrogens is 196 g/mol. The van der Waals surface area contributed by atoms with Crippen molar-refractivity contribution in [3.63, 3.8) is 0 Å². The van der Waals surface area contributed by atoms with Gasteiger partial charge >= 0.3 is 0 Å². The average molecular weight is 214 g/mol. The molecule has 0 aliphatic carbocycles. The lowest BCUT2D eigenvalue weighted by Crippen LogP contribution is -2.20. The maximum absolute atomic E-state index is 8.96. The monoisotopic (exact) mass is 214 g/mol. The first-order valence-electron chi connectivity index (χ1n) is 4.70. The van der Waals surface area contributed by atoms with Gasteiger partial charge in [-0.3, -0.25) is 0 Å². The lowest BCUT2D eigenvalue weighted by molar-refractivity contribution is -0.145. The number of aryl methyl sites for hydroxylation is 1. The quantitative estimate of drug-likeness (QED) is 0.422. The van der Waals surface area contributed by atoms with Crippen LogP contribution in [0.15, 0.2) is 18.2 Å². The molecule has 0 aliphatic rings. The SMILES string of the molecule is CCC(C)(O)O.Cc1cccc(O)c1O. The molecule has 4 nitrogen and oxygen atoms in total. The summed E-state index contributed by atoms with van der Waals surface area (Å²) in [5, 5.41) is 34.6. The number of para-hydroxylation sites is 1. The fourth-order valence-electron chi connectivity index (χ4n) is 0.643. The molecule has 0 saturated heterocycles. The van der Waals surface area contributed by atoms with E-state index in [2.05, 4.69) is 0 Å². The van der Waals surface area contributed by atoms with Crippen molar-refractivity contribution in [2.75, 3.05) is 0 Å². The van der Waals surface area contributed by atoms with Gasteiger partial charge in [0.15, 0.2) is 17.3 Å². The molecule has 0 aliphatic heterocycles. The Hall–Kier alpha value is -1.26. The maximum Gasteiger partial charge on any atom is 0.160 e. The zero-order chi connectivity index (χ0) is 12.1. The Bertz CT molecular complexity index is 282. The summed E-state index contributed by atoms with van der Waals surface area (Å²) in [7, 11) is 0. The van der Waals surface area contributed by atoms with Crippen LogP contribution >= 0.6 is 0 Å². The molecule has 0 saturated carbocycles. The summed E-state index contributed by atoms with van der Waals surface area (Å²) in [6, 6.07) is 4.86. The highest BCUT2D eigenvalue weighted by Crippen LogP contribution is 2.26. The molecule has 1 aromatic carbocycles. The van der Waals surface area contributed by atoms with Crippen LogP contribution in [0.25, 0.3) is 0 Å². The van der Waals surface area contributed by atoms with E-state index in [1.54, 1.807) is 26.0 Å². The fraction of sp³-hybridized carbons (Fsp3) is 0.455. The molecule has 1 aromatic rings. The molecule has 0 bridgehead atoms. The summed E-state index contributed by atoms with van der Waals surface area (Å²) in [6.07, 6.45) is 0.382. The standard InChI is InChI=1S/C7H8O2.C4H10O2/c1-5-3-2-4-6(8)7(5)9;1-3-4(2,5)6/h2-4,8-9H,1H3;5-6H,3H2,1-2H3. The third-order valence-electron chi connectivity index (χ3n) is 1.89. The second-order valence-electron chi connectivity index (χ2n) is 3.51. The van der Waals surface area contributed by atoms with Crippen molar-refractivity contribution in [3.05, 3.63) is 23.8 Å². The van der Waals surface area contributed by atoms with Crippen molar-refractivity contribution < 1.29 is 20.4 Å². The Morgan fingerprint density at radius 2 is 1.67 bits per heavy atom. The summed E-state index contributed by atoms with van der Waals surface area (Å²) >= 11 is 0. The molecule has 0 unspecified atom stereocenters. The Labute approximate surface area is 89.4 Å². The molecule has 15 heavy (non-hydrogen) atoms. The molecule has 86 valence electrons. The van der Waals surface area contributed by atoms with Gasteiger partial charge in [0.05, 0.1) is 0 Å². The van der Waals surface area contributed by atoms with E-state index in [0.717, 1.165) is 0 Å². The van der Waals surface area contributed by atoms with E-state index in [4.69, 9.17) is 20.4 Å². The number of hydrogen-bond donors (Lipinski definition) is 4. The van der Waals surface area contributed by atoms with Crippen LogP contribution in [-0.2, 0) is 0 Å². The third kappa shape index (κ3) is 5.93. The molecule has 1 rings (SSSR count). The molecule has 0 atom stereocenters. The zero-order valence-corrected chi connectivity index (χ0v) is 9.23. The topological polar surface area (TPSA) is 80.9 Å². The van der Waals surface area contributed by atoms with E-state index >= 15 is 0 Å². The van der Waals surface area contributed by atoms with Crippen molar-refractivity contribution in [1.82, 2.24) is 0 Å². The Balaban J connectivity index is 0.000000288. The van der Waals surface area contributed by atoms with Crippen molar-refractivity contribution in [2.24, 2.45) is 0 Å². The van der Waals surface area contributed by atoms with Gasteiger partial charge in [0.1, 0.15) is 0 Å². The minimum absolute atomic E-state index is 0.0301. The van der Waals surface area contributed by atoms with Gasteiger partial charge in [-0.1, -0.05) is 19.1 Å². The summed E-state index contributed by atoms with van der Waals surface area (Å²) in [5.74, 6) is -1.55. The second-order valence-corrected chi connectivity index (χ2v) is 3.51. The second kappa shape index (κ2) is 5.58. The predicted octanol–water partition coefficient (Wildman–Crippen LogP) is 1.50. The van der Waals surface area contributed by atoms with E-state index in [-0.39, 0.29) is 11.5 Å². The van der Waals surface area contributed by atoms with Crippen LogP contribution in [0.5, 0.6) is 11.5 Å². The van der Waals surface area contributed by atoms with Crippen LogP contribution in [0.3, 0.4) is 0 Å². The van der Waals surface area contributed by atoms with Crippen LogP contribution in [0.1, 0.15) is 25.8 Å². The van der Waals surface area contributed by atoms with Crippen LogP contribution in [-0.4, -0.2) is 26.2 Å². The highest BCUT2D eigenvalue weighted by atomic mass is 16.5. The lowest BCUT2D eigenvalue weighted by atomic mass is 10.2.